The van der Waals surface area contributed by atoms with E-state index in [0.29, 0.717) is 12.4 Å². The first-order valence-corrected chi connectivity index (χ1v) is 6.86. The Kier molecular flexibility index (Phi) is 4.32. The Morgan fingerprint density at radius 2 is 2.00 bits per heavy atom. The van der Waals surface area contributed by atoms with Gasteiger partial charge in [-0.25, -0.2) is 8.42 Å². The predicted molar refractivity (Wildman–Crippen MR) is 63.6 cm³/mol. The van der Waals surface area contributed by atoms with Gasteiger partial charge >= 0.3 is 0 Å². The summed E-state index contributed by atoms with van der Waals surface area (Å²) in [5.74, 6) is 0.588. The highest BCUT2D eigenvalue weighted by atomic mass is 32.2. The van der Waals surface area contributed by atoms with Crippen molar-refractivity contribution < 1.29 is 13.2 Å². The molecule has 5 heteroatoms. The number of ether oxygens (including phenoxy) is 1. The molecule has 0 fully saturated rings. The highest BCUT2D eigenvalue weighted by Gasteiger charge is 2.07. The molecule has 1 rings (SSSR count). The predicted octanol–water partition coefficient (Wildman–Crippen LogP) is 1.03. The standard InChI is InChI=1S/C11H17NO3S/c1-12(2)7-8-15-10-5-4-6-11(9-10)16(3,13)14/h4-6,9H,7-8H2,1-3H3. The Labute approximate surface area is 96.8 Å². The van der Waals surface area contributed by atoms with Crippen molar-refractivity contribution in [1.29, 1.82) is 0 Å². The first kappa shape index (κ1) is 13.0. The van der Waals surface area contributed by atoms with Gasteiger partial charge in [-0.3, -0.25) is 0 Å². The molecule has 90 valence electrons. The molecule has 0 saturated carbocycles. The lowest BCUT2D eigenvalue weighted by Crippen LogP contribution is -2.19. The van der Waals surface area contributed by atoms with Crippen molar-refractivity contribution in [3.8, 4) is 5.75 Å². The zero-order valence-corrected chi connectivity index (χ0v) is 10.6. The molecule has 0 aliphatic heterocycles. The molecular weight excluding hydrogens is 226 g/mol. The maximum Gasteiger partial charge on any atom is 0.175 e. The lowest BCUT2D eigenvalue weighted by molar-refractivity contribution is 0.261. The monoisotopic (exact) mass is 243 g/mol. The van der Waals surface area contributed by atoms with Crippen molar-refractivity contribution in [1.82, 2.24) is 4.90 Å². The minimum atomic E-state index is -3.16. The van der Waals surface area contributed by atoms with Gasteiger partial charge in [0, 0.05) is 12.8 Å². The molecule has 0 aliphatic rings. The molecule has 0 aliphatic carbocycles. The molecule has 0 aromatic heterocycles. The van der Waals surface area contributed by atoms with Crippen LogP contribution in [0.15, 0.2) is 29.2 Å². The lowest BCUT2D eigenvalue weighted by Gasteiger charge is -2.11. The molecule has 0 heterocycles. The zero-order chi connectivity index (χ0) is 12.2. The van der Waals surface area contributed by atoms with Crippen molar-refractivity contribution in [2.75, 3.05) is 33.5 Å². The van der Waals surface area contributed by atoms with Gasteiger partial charge < -0.3 is 9.64 Å². The van der Waals surface area contributed by atoms with Gasteiger partial charge in [-0.15, -0.1) is 0 Å². The van der Waals surface area contributed by atoms with Gasteiger partial charge in [0.05, 0.1) is 4.90 Å². The van der Waals surface area contributed by atoms with Crippen molar-refractivity contribution in [3.05, 3.63) is 24.3 Å². The summed E-state index contributed by atoms with van der Waals surface area (Å²) in [5.41, 5.74) is 0. The topological polar surface area (TPSA) is 46.6 Å². The summed E-state index contributed by atoms with van der Waals surface area (Å²) >= 11 is 0. The van der Waals surface area contributed by atoms with Crippen molar-refractivity contribution in [2.24, 2.45) is 0 Å². The first-order valence-electron chi connectivity index (χ1n) is 4.97. The second-order valence-corrected chi connectivity index (χ2v) is 5.91. The van der Waals surface area contributed by atoms with E-state index >= 15 is 0 Å². The molecule has 16 heavy (non-hydrogen) atoms. The number of sulfone groups is 1. The van der Waals surface area contributed by atoms with Crippen molar-refractivity contribution in [2.45, 2.75) is 4.90 Å². The molecule has 4 nitrogen and oxygen atoms in total. The molecule has 0 amide bonds. The quantitative estimate of drug-likeness (QED) is 0.775. The minimum absolute atomic E-state index is 0.287. The fraction of sp³-hybridized carbons (Fsp3) is 0.455. The summed E-state index contributed by atoms with van der Waals surface area (Å²) in [6.07, 6.45) is 1.19. The van der Waals surface area contributed by atoms with Crippen molar-refractivity contribution in [3.63, 3.8) is 0 Å². The van der Waals surface area contributed by atoms with Gasteiger partial charge in [-0.1, -0.05) is 6.07 Å². The molecule has 1 aromatic rings. The van der Waals surface area contributed by atoms with Crippen LogP contribution in [0.2, 0.25) is 0 Å². The van der Waals surface area contributed by atoms with Gasteiger partial charge in [0.25, 0.3) is 0 Å². The maximum atomic E-state index is 11.3. The van der Waals surface area contributed by atoms with Crippen LogP contribution in [0.25, 0.3) is 0 Å². The van der Waals surface area contributed by atoms with Crippen LogP contribution in [0, 0.1) is 0 Å². The summed E-state index contributed by atoms with van der Waals surface area (Å²) in [4.78, 5) is 2.29. The third kappa shape index (κ3) is 4.20. The van der Waals surface area contributed by atoms with E-state index in [-0.39, 0.29) is 4.90 Å². The molecule has 0 unspecified atom stereocenters. The molecule has 1 aromatic carbocycles. The second kappa shape index (κ2) is 5.32. The Hall–Kier alpha value is -1.07. The van der Waals surface area contributed by atoms with Crippen LogP contribution in [0.5, 0.6) is 5.75 Å². The number of hydrogen-bond acceptors (Lipinski definition) is 4. The molecular formula is C11H17NO3S. The normalized spacial score (nSPS) is 11.8. The second-order valence-electron chi connectivity index (χ2n) is 3.90. The first-order chi connectivity index (χ1) is 7.39. The van der Waals surface area contributed by atoms with Gasteiger partial charge in [0.1, 0.15) is 12.4 Å². The average molecular weight is 243 g/mol. The average Bonchev–Trinajstić information content (AvgIpc) is 2.16. The van der Waals surface area contributed by atoms with Gasteiger partial charge in [0.15, 0.2) is 9.84 Å². The summed E-state index contributed by atoms with van der Waals surface area (Å²) in [5, 5.41) is 0. The van der Waals surface area contributed by atoms with Crippen LogP contribution >= 0.6 is 0 Å². The van der Waals surface area contributed by atoms with Crippen LogP contribution in [-0.4, -0.2) is 46.8 Å². The molecule has 0 spiro atoms. The van der Waals surface area contributed by atoms with E-state index < -0.39 is 9.84 Å². The highest BCUT2D eigenvalue weighted by Crippen LogP contribution is 2.17. The summed E-state index contributed by atoms with van der Waals surface area (Å²) in [7, 11) is 0.752. The van der Waals surface area contributed by atoms with E-state index in [9.17, 15) is 8.42 Å². The molecule has 0 bridgehead atoms. The fourth-order valence-corrected chi connectivity index (χ4v) is 1.80. The van der Waals surface area contributed by atoms with E-state index in [4.69, 9.17) is 4.74 Å². The fourth-order valence-electron chi connectivity index (χ4n) is 1.14. The maximum absolute atomic E-state index is 11.3. The van der Waals surface area contributed by atoms with Gasteiger partial charge in [0.2, 0.25) is 0 Å². The summed E-state index contributed by atoms with van der Waals surface area (Å²) in [6, 6.07) is 6.55. The number of rotatable bonds is 5. The van der Waals surface area contributed by atoms with Crippen molar-refractivity contribution >= 4 is 9.84 Å². The van der Waals surface area contributed by atoms with Crippen LogP contribution in [0.3, 0.4) is 0 Å². The Bertz CT molecular complexity index is 440. The third-order valence-corrected chi connectivity index (χ3v) is 3.15. The Balaban J connectivity index is 2.69. The molecule has 0 N–H and O–H groups in total. The lowest BCUT2D eigenvalue weighted by atomic mass is 10.3. The largest absolute Gasteiger partial charge is 0.492 e. The van der Waals surface area contributed by atoms with E-state index in [1.807, 2.05) is 19.0 Å². The smallest absolute Gasteiger partial charge is 0.175 e. The summed E-state index contributed by atoms with van der Waals surface area (Å²) in [6.45, 7) is 1.34. The van der Waals surface area contributed by atoms with Gasteiger partial charge in [-0.2, -0.15) is 0 Å². The van der Waals surface area contributed by atoms with E-state index in [2.05, 4.69) is 0 Å². The Morgan fingerprint density at radius 3 is 2.56 bits per heavy atom. The number of benzene rings is 1. The minimum Gasteiger partial charge on any atom is -0.492 e. The summed E-state index contributed by atoms with van der Waals surface area (Å²) < 4.78 is 28.1. The van der Waals surface area contributed by atoms with E-state index in [0.717, 1.165) is 6.54 Å². The van der Waals surface area contributed by atoms with Crippen LogP contribution in [0.1, 0.15) is 0 Å². The van der Waals surface area contributed by atoms with E-state index in [1.165, 1.54) is 6.26 Å². The third-order valence-electron chi connectivity index (χ3n) is 2.04. The van der Waals surface area contributed by atoms with E-state index in [1.54, 1.807) is 24.3 Å². The van der Waals surface area contributed by atoms with Gasteiger partial charge in [-0.05, 0) is 32.3 Å². The van der Waals surface area contributed by atoms with Crippen LogP contribution in [-0.2, 0) is 9.84 Å². The SMILES string of the molecule is CN(C)CCOc1cccc(S(C)(=O)=O)c1. The molecule has 0 radical (unpaired) electrons. The van der Waals surface area contributed by atoms with Crippen LogP contribution in [0.4, 0.5) is 0 Å². The number of likely N-dealkylation sites (N-methyl/N-ethyl adjacent to an activating group) is 1. The molecule has 0 atom stereocenters. The number of hydrogen-bond donors (Lipinski definition) is 0. The Morgan fingerprint density at radius 1 is 1.31 bits per heavy atom. The highest BCUT2D eigenvalue weighted by molar-refractivity contribution is 7.90. The zero-order valence-electron chi connectivity index (χ0n) is 9.80. The number of nitrogens with zero attached hydrogens (tertiary/aromatic N) is 1. The molecule has 0 saturated heterocycles. The van der Waals surface area contributed by atoms with Crippen LogP contribution < -0.4 is 4.74 Å².